The molecule has 4 nitrogen and oxygen atoms in total. The fourth-order valence-electron chi connectivity index (χ4n) is 1.69. The molecule has 0 aliphatic carbocycles. The number of hydrogen-bond acceptors (Lipinski definition) is 4. The lowest BCUT2D eigenvalue weighted by atomic mass is 10.1. The molecule has 6 heteroatoms. The van der Waals surface area contributed by atoms with Crippen LogP contribution in [0.4, 0.5) is 0 Å². The molecule has 0 fully saturated rings. The topological polar surface area (TPSA) is 48.4 Å². The third-order valence-corrected chi connectivity index (χ3v) is 3.49. The summed E-state index contributed by atoms with van der Waals surface area (Å²) in [7, 11) is 2.84. The average Bonchev–Trinajstić information content (AvgIpc) is 2.37. The number of fused-ring (bicyclic) bond motifs is 1. The predicted molar refractivity (Wildman–Crippen MR) is 75.0 cm³/mol. The summed E-state index contributed by atoms with van der Waals surface area (Å²) in [5.74, 6) is 0.00303. The third kappa shape index (κ3) is 2.22. The van der Waals surface area contributed by atoms with Crippen molar-refractivity contribution in [3.63, 3.8) is 0 Å². The van der Waals surface area contributed by atoms with Crippen molar-refractivity contribution < 1.29 is 14.3 Å². The van der Waals surface area contributed by atoms with Gasteiger partial charge in [0.15, 0.2) is 0 Å². The Bertz CT molecular complexity index is 628. The van der Waals surface area contributed by atoms with E-state index in [0.29, 0.717) is 15.8 Å². The van der Waals surface area contributed by atoms with Gasteiger partial charge >= 0.3 is 5.97 Å². The maximum atomic E-state index is 11.7. The highest BCUT2D eigenvalue weighted by Gasteiger charge is 2.19. The van der Waals surface area contributed by atoms with Gasteiger partial charge in [0.2, 0.25) is 0 Å². The van der Waals surface area contributed by atoms with Crippen LogP contribution in [-0.2, 0) is 4.74 Å². The van der Waals surface area contributed by atoms with Crippen LogP contribution in [-0.4, -0.2) is 25.2 Å². The molecule has 0 radical (unpaired) electrons. The zero-order valence-electron chi connectivity index (χ0n) is 9.66. The van der Waals surface area contributed by atoms with Crippen LogP contribution in [0.1, 0.15) is 10.4 Å². The molecule has 94 valence electrons. The van der Waals surface area contributed by atoms with Crippen LogP contribution in [0.15, 0.2) is 27.3 Å². The number of hydrogen-bond donors (Lipinski definition) is 0. The minimum Gasteiger partial charge on any atom is -0.495 e. The Labute approximate surface area is 121 Å². The Morgan fingerprint density at radius 2 is 2.00 bits per heavy atom. The zero-order chi connectivity index (χ0) is 13.3. The Hall–Kier alpha value is -1.14. The summed E-state index contributed by atoms with van der Waals surface area (Å²) >= 11 is 6.74. The SMILES string of the molecule is COC(=O)c1cc(Br)c2ncc(Br)cc2c1OC. The summed E-state index contributed by atoms with van der Waals surface area (Å²) in [6, 6.07) is 3.49. The summed E-state index contributed by atoms with van der Waals surface area (Å²) in [4.78, 5) is 16.0. The lowest BCUT2D eigenvalue weighted by Gasteiger charge is -2.11. The van der Waals surface area contributed by atoms with Gasteiger partial charge in [0.05, 0.1) is 19.7 Å². The Balaban J connectivity index is 2.85. The van der Waals surface area contributed by atoms with Gasteiger partial charge < -0.3 is 9.47 Å². The highest BCUT2D eigenvalue weighted by molar-refractivity contribution is 9.11. The zero-order valence-corrected chi connectivity index (χ0v) is 12.8. The molecule has 1 heterocycles. The van der Waals surface area contributed by atoms with Crippen molar-refractivity contribution in [3.8, 4) is 5.75 Å². The molecule has 2 aromatic rings. The second-order valence-electron chi connectivity index (χ2n) is 3.48. The fraction of sp³-hybridized carbons (Fsp3) is 0.167. The van der Waals surface area contributed by atoms with Gasteiger partial charge in [-0.05, 0) is 44.0 Å². The molecular weight excluding hydrogens is 366 g/mol. The van der Waals surface area contributed by atoms with E-state index in [9.17, 15) is 4.79 Å². The number of rotatable bonds is 2. The molecule has 2 rings (SSSR count). The minimum atomic E-state index is -0.450. The van der Waals surface area contributed by atoms with Gasteiger partial charge in [-0.15, -0.1) is 0 Å². The van der Waals surface area contributed by atoms with E-state index in [1.807, 2.05) is 6.07 Å². The quantitative estimate of drug-likeness (QED) is 0.754. The molecule has 0 spiro atoms. The number of ether oxygens (including phenoxy) is 2. The van der Waals surface area contributed by atoms with Gasteiger partial charge in [-0.3, -0.25) is 4.98 Å². The van der Waals surface area contributed by atoms with Crippen molar-refractivity contribution in [2.75, 3.05) is 14.2 Å². The maximum absolute atomic E-state index is 11.7. The molecule has 1 aromatic carbocycles. The van der Waals surface area contributed by atoms with E-state index in [1.54, 1.807) is 12.3 Å². The first-order chi connectivity index (χ1) is 8.58. The predicted octanol–water partition coefficient (Wildman–Crippen LogP) is 3.56. The van der Waals surface area contributed by atoms with Gasteiger partial charge in [-0.1, -0.05) is 0 Å². The standard InChI is InChI=1S/C12H9Br2NO3/c1-17-11-7-3-6(13)5-15-10(7)9(14)4-8(11)12(16)18-2/h3-5H,1-2H3. The molecule has 0 amide bonds. The number of aromatic nitrogens is 1. The molecule has 0 unspecified atom stereocenters. The molecule has 0 N–H and O–H groups in total. The van der Waals surface area contributed by atoms with Gasteiger partial charge in [0.25, 0.3) is 0 Å². The van der Waals surface area contributed by atoms with Crippen molar-refractivity contribution in [2.24, 2.45) is 0 Å². The molecule has 1 aromatic heterocycles. The van der Waals surface area contributed by atoms with Crippen LogP contribution in [0.25, 0.3) is 10.9 Å². The first kappa shape index (κ1) is 13.3. The molecule has 0 aliphatic rings. The number of nitrogens with zero attached hydrogens (tertiary/aromatic N) is 1. The van der Waals surface area contributed by atoms with Gasteiger partial charge in [-0.2, -0.15) is 0 Å². The molecule has 0 saturated carbocycles. The third-order valence-electron chi connectivity index (χ3n) is 2.45. The van der Waals surface area contributed by atoms with Crippen molar-refractivity contribution in [3.05, 3.63) is 32.8 Å². The molecular formula is C12H9Br2NO3. The molecule has 0 atom stereocenters. The average molecular weight is 375 g/mol. The summed E-state index contributed by atoms with van der Waals surface area (Å²) < 4.78 is 11.6. The summed E-state index contributed by atoms with van der Waals surface area (Å²) in [5, 5.41) is 0.738. The molecule has 0 aliphatic heterocycles. The second kappa shape index (κ2) is 5.24. The van der Waals surface area contributed by atoms with Crippen LogP contribution in [0.5, 0.6) is 5.75 Å². The van der Waals surface area contributed by atoms with Crippen molar-refractivity contribution in [2.45, 2.75) is 0 Å². The molecule has 0 bridgehead atoms. The van der Waals surface area contributed by atoms with Gasteiger partial charge in [0, 0.05) is 20.5 Å². The first-order valence-electron chi connectivity index (χ1n) is 4.98. The lowest BCUT2D eigenvalue weighted by Crippen LogP contribution is -2.05. The number of methoxy groups -OCH3 is 2. The Morgan fingerprint density at radius 1 is 1.28 bits per heavy atom. The molecule has 0 saturated heterocycles. The Kier molecular flexibility index (Phi) is 3.87. The number of carbonyl (C=O) groups excluding carboxylic acids is 1. The van der Waals surface area contributed by atoms with Crippen LogP contribution < -0.4 is 4.74 Å². The van der Waals surface area contributed by atoms with Gasteiger partial charge in [0.1, 0.15) is 11.3 Å². The van der Waals surface area contributed by atoms with Crippen LogP contribution in [0, 0.1) is 0 Å². The summed E-state index contributed by atoms with van der Waals surface area (Å²) in [5.41, 5.74) is 1.09. The van der Waals surface area contributed by atoms with Gasteiger partial charge in [-0.25, -0.2) is 4.79 Å². The van der Waals surface area contributed by atoms with Crippen molar-refractivity contribution in [1.82, 2.24) is 4.98 Å². The normalized spacial score (nSPS) is 10.4. The smallest absolute Gasteiger partial charge is 0.341 e. The van der Waals surface area contributed by atoms with Crippen LogP contribution in [0.3, 0.4) is 0 Å². The first-order valence-corrected chi connectivity index (χ1v) is 6.57. The van der Waals surface area contributed by atoms with E-state index < -0.39 is 5.97 Å². The monoisotopic (exact) mass is 373 g/mol. The number of carbonyl (C=O) groups is 1. The Morgan fingerprint density at radius 3 is 2.61 bits per heavy atom. The van der Waals surface area contributed by atoms with Crippen LogP contribution >= 0.6 is 31.9 Å². The maximum Gasteiger partial charge on any atom is 0.341 e. The second-order valence-corrected chi connectivity index (χ2v) is 5.25. The lowest BCUT2D eigenvalue weighted by molar-refractivity contribution is 0.0597. The van der Waals surface area contributed by atoms with Crippen molar-refractivity contribution in [1.29, 1.82) is 0 Å². The number of esters is 1. The fourth-order valence-corrected chi connectivity index (χ4v) is 2.57. The molecule has 18 heavy (non-hydrogen) atoms. The van der Waals surface area contributed by atoms with E-state index >= 15 is 0 Å². The summed E-state index contributed by atoms with van der Waals surface area (Å²) in [6.45, 7) is 0. The number of benzene rings is 1. The number of pyridine rings is 1. The van der Waals surface area contributed by atoms with E-state index in [-0.39, 0.29) is 0 Å². The van der Waals surface area contributed by atoms with E-state index in [1.165, 1.54) is 14.2 Å². The van der Waals surface area contributed by atoms with E-state index in [2.05, 4.69) is 36.8 Å². The van der Waals surface area contributed by atoms with Crippen LogP contribution in [0.2, 0.25) is 0 Å². The highest BCUT2D eigenvalue weighted by Crippen LogP contribution is 2.35. The largest absolute Gasteiger partial charge is 0.495 e. The number of halogens is 2. The van der Waals surface area contributed by atoms with Crippen molar-refractivity contribution >= 4 is 48.7 Å². The summed E-state index contributed by atoms with van der Waals surface area (Å²) in [6.07, 6.45) is 1.68. The van der Waals surface area contributed by atoms with E-state index in [0.717, 1.165) is 15.4 Å². The minimum absolute atomic E-state index is 0.360. The van der Waals surface area contributed by atoms with E-state index in [4.69, 9.17) is 9.47 Å². The highest BCUT2D eigenvalue weighted by atomic mass is 79.9.